The van der Waals surface area contributed by atoms with Gasteiger partial charge in [-0.25, -0.2) is 0 Å². The van der Waals surface area contributed by atoms with Gasteiger partial charge in [0.15, 0.2) is 0 Å². The first-order valence-corrected chi connectivity index (χ1v) is 1.41. The highest BCUT2D eigenvalue weighted by Gasteiger charge is 1.35. The Bertz CT molecular complexity index is 3.25. The molecule has 0 heterocycles. The highest BCUT2D eigenvalue weighted by atomic mass is 32.1. The quantitative estimate of drug-likeness (QED) is 0.373. The van der Waals surface area contributed by atoms with E-state index < -0.39 is 0 Å². The van der Waals surface area contributed by atoms with Gasteiger partial charge in [-0.2, -0.15) is 0 Å². The summed E-state index contributed by atoms with van der Waals surface area (Å²) in [4.78, 5) is 0. The molecule has 0 N–H and O–H groups in total. The molecule has 1 heteroatoms. The van der Waals surface area contributed by atoms with Crippen molar-refractivity contribution in [1.82, 2.24) is 0 Å². The van der Waals surface area contributed by atoms with Gasteiger partial charge in [0.25, 0.3) is 0 Å². The molecule has 0 fully saturated rings. The molecule has 0 spiro atoms. The average Bonchev–Trinajstić information content (AvgIpc) is 0.918. The summed E-state index contributed by atoms with van der Waals surface area (Å²) in [5.41, 5.74) is 0. The van der Waals surface area contributed by atoms with Gasteiger partial charge in [-0.05, 0) is 0 Å². The van der Waals surface area contributed by atoms with Gasteiger partial charge in [-0.15, -0.1) is 0 Å². The zero-order valence-electron chi connectivity index (χ0n) is 3.28. The second kappa shape index (κ2) is 10.2. The Hall–Kier alpha value is 0.350. The summed E-state index contributed by atoms with van der Waals surface area (Å²) < 4.78 is 0. The molecule has 0 aromatic heterocycles. The topological polar surface area (TPSA) is 0 Å². The van der Waals surface area contributed by atoms with Crippen molar-refractivity contribution in [3.8, 4) is 0 Å². The number of hydrogen-bond acceptors (Lipinski definition) is 0. The van der Waals surface area contributed by atoms with E-state index >= 15 is 0 Å². The lowest BCUT2D eigenvalue weighted by Crippen LogP contribution is -1.27. The van der Waals surface area contributed by atoms with Crippen molar-refractivity contribution in [3.63, 3.8) is 0 Å². The lowest BCUT2D eigenvalue weighted by Gasteiger charge is -1.48. The zero-order chi connectivity index (χ0) is 2.71. The van der Waals surface area contributed by atoms with E-state index in [4.69, 9.17) is 0 Å². The minimum absolute atomic E-state index is 0. The molecule has 0 saturated carbocycles. The van der Waals surface area contributed by atoms with Gasteiger partial charge in [0.05, 0.1) is 0 Å². The first-order valence-electron chi connectivity index (χ1n) is 1.41. The third kappa shape index (κ3) is 35.0. The minimum Gasteiger partial charge on any atom is -0.0656 e. The van der Waals surface area contributed by atoms with Crippen LogP contribution in [0.4, 0.5) is 0 Å². The lowest BCUT2D eigenvalue weighted by molar-refractivity contribution is 1.09. The van der Waals surface area contributed by atoms with E-state index in [0.29, 0.717) is 0 Å². The molecule has 0 amide bonds. The van der Waals surface area contributed by atoms with Gasteiger partial charge in [-0.1, -0.05) is 33.8 Å². The second-order valence-electron chi connectivity index (χ2n) is 0.707. The Morgan fingerprint density at radius 2 is 1.25 bits per heavy atom. The molecule has 0 unspecified atom stereocenters. The van der Waals surface area contributed by atoms with Gasteiger partial charge in [-0.3, -0.25) is 0 Å². The van der Waals surface area contributed by atoms with Gasteiger partial charge in [0.1, 0.15) is 0 Å². The van der Waals surface area contributed by atoms with Crippen LogP contribution in [0.1, 0.15) is 20.3 Å². The molecule has 0 bridgehead atoms. The molecular formula is C3H11S+. The maximum Gasteiger partial charge on any atom is -0.0576 e. The highest BCUT2D eigenvalue weighted by molar-refractivity contribution is 7.37. The van der Waals surface area contributed by atoms with Crippen LogP contribution >= 0.6 is 0 Å². The molecule has 0 aliphatic carbocycles. The fourth-order valence-corrected chi connectivity index (χ4v) is 0. The fraction of sp³-hybridized carbons (Fsp3) is 1.00. The Balaban J connectivity index is 0. The lowest BCUT2D eigenvalue weighted by atomic mass is 10.6. The van der Waals surface area contributed by atoms with E-state index in [0.717, 1.165) is 0 Å². The van der Waals surface area contributed by atoms with Crippen LogP contribution in [0.15, 0.2) is 0 Å². The van der Waals surface area contributed by atoms with Crippen molar-refractivity contribution < 1.29 is 0 Å². The predicted octanol–water partition coefficient (Wildman–Crippen LogP) is 0.611. The van der Waals surface area contributed by atoms with E-state index in [2.05, 4.69) is 13.8 Å². The summed E-state index contributed by atoms with van der Waals surface area (Å²) in [5.74, 6) is 0. The van der Waals surface area contributed by atoms with Crippen molar-refractivity contribution in [2.45, 2.75) is 20.3 Å². The smallest absolute Gasteiger partial charge is 0.0576 e. The summed E-state index contributed by atoms with van der Waals surface area (Å²) in [5, 5.41) is 0. The molecule has 0 rings (SSSR count). The van der Waals surface area contributed by atoms with Crippen LogP contribution in [-0.2, 0) is 13.5 Å². The molecule has 0 aliphatic heterocycles. The van der Waals surface area contributed by atoms with Gasteiger partial charge in [0.2, 0.25) is 0 Å². The van der Waals surface area contributed by atoms with E-state index in [9.17, 15) is 0 Å². The first kappa shape index (κ1) is 8.84. The molecule has 0 atom stereocenters. The van der Waals surface area contributed by atoms with Crippen LogP contribution in [0.5, 0.6) is 0 Å². The summed E-state index contributed by atoms with van der Waals surface area (Å²) in [6, 6.07) is 0. The van der Waals surface area contributed by atoms with E-state index in [1.807, 2.05) is 0 Å². The van der Waals surface area contributed by atoms with Crippen molar-refractivity contribution in [3.05, 3.63) is 0 Å². The fourth-order valence-electron chi connectivity index (χ4n) is 0. The minimum atomic E-state index is 0. The highest BCUT2D eigenvalue weighted by Crippen LogP contribution is 1.56. The van der Waals surface area contributed by atoms with E-state index in [1.165, 1.54) is 6.42 Å². The summed E-state index contributed by atoms with van der Waals surface area (Å²) >= 11 is 0. The standard InChI is InChI=1S/C3H8.H2S/c1-3-2;/h3H2,1-2H3;1H2/p+1. The summed E-state index contributed by atoms with van der Waals surface area (Å²) in [7, 11) is 0. The van der Waals surface area contributed by atoms with Gasteiger partial charge in [0, 0.05) is 0 Å². The molecule has 0 aromatic carbocycles. The summed E-state index contributed by atoms with van der Waals surface area (Å²) in [6.07, 6.45) is 1.25. The van der Waals surface area contributed by atoms with Crippen LogP contribution in [-0.4, -0.2) is 0 Å². The molecule has 4 heavy (non-hydrogen) atoms. The Morgan fingerprint density at radius 3 is 1.25 bits per heavy atom. The second-order valence-corrected chi connectivity index (χ2v) is 0.707. The van der Waals surface area contributed by atoms with Crippen LogP contribution in [0.2, 0.25) is 0 Å². The molecule has 0 nitrogen and oxygen atoms in total. The molecule has 0 saturated heterocycles. The zero-order valence-corrected chi connectivity index (χ0v) is 4.44. The maximum atomic E-state index is 2.12. The van der Waals surface area contributed by atoms with Crippen LogP contribution in [0.25, 0.3) is 0 Å². The van der Waals surface area contributed by atoms with Crippen molar-refractivity contribution in [1.29, 1.82) is 0 Å². The third-order valence-corrected chi connectivity index (χ3v) is 0. The molecular weight excluding hydrogens is 68.1 g/mol. The monoisotopic (exact) mass is 79.1 g/mol. The normalized spacial score (nSPS) is 4.50. The first-order chi connectivity index (χ1) is 1.41. The maximum absolute atomic E-state index is 2.12. The van der Waals surface area contributed by atoms with E-state index in [-0.39, 0.29) is 13.5 Å². The molecule has 28 valence electrons. The molecule has 0 aliphatic rings. The van der Waals surface area contributed by atoms with Crippen molar-refractivity contribution >= 4 is 13.5 Å². The van der Waals surface area contributed by atoms with Crippen LogP contribution in [0.3, 0.4) is 0 Å². The molecule has 0 aromatic rings. The van der Waals surface area contributed by atoms with E-state index in [1.54, 1.807) is 0 Å². The van der Waals surface area contributed by atoms with Gasteiger partial charge >= 0.3 is 0 Å². The third-order valence-electron chi connectivity index (χ3n) is 0. The molecule has 0 radical (unpaired) electrons. The van der Waals surface area contributed by atoms with Crippen molar-refractivity contribution in [2.24, 2.45) is 0 Å². The Morgan fingerprint density at radius 1 is 1.25 bits per heavy atom. The Labute approximate surface area is 34.7 Å². The van der Waals surface area contributed by atoms with Crippen LogP contribution in [0, 0.1) is 0 Å². The number of rotatable bonds is 0. The Kier molecular flexibility index (Phi) is 22.4. The van der Waals surface area contributed by atoms with Gasteiger partial charge < -0.3 is 0 Å². The van der Waals surface area contributed by atoms with Crippen LogP contribution < -0.4 is 0 Å². The number of hydrogen-bond donors (Lipinski definition) is 0. The average molecular weight is 79.2 g/mol. The largest absolute Gasteiger partial charge is 0.0656 e. The van der Waals surface area contributed by atoms with Crippen molar-refractivity contribution in [2.75, 3.05) is 0 Å². The predicted molar refractivity (Wildman–Crippen MR) is 27.5 cm³/mol. The SMILES string of the molecule is CCC.[SH3+]. The summed E-state index contributed by atoms with van der Waals surface area (Å²) in [6.45, 7) is 4.25.